The van der Waals surface area contributed by atoms with Crippen LogP contribution in [-0.4, -0.2) is 62.6 Å². The molecule has 4 heterocycles. The quantitative estimate of drug-likeness (QED) is 0.517. The average Bonchev–Trinajstić information content (AvgIpc) is 3.50. The molecule has 33 heavy (non-hydrogen) atoms. The maximum Gasteiger partial charge on any atom is 0.349 e. The van der Waals surface area contributed by atoms with Crippen molar-refractivity contribution in [1.29, 1.82) is 0 Å². The van der Waals surface area contributed by atoms with Gasteiger partial charge >= 0.3 is 5.63 Å². The van der Waals surface area contributed by atoms with Gasteiger partial charge in [0.15, 0.2) is 11.3 Å². The van der Waals surface area contributed by atoms with E-state index < -0.39 is 27.3 Å². The van der Waals surface area contributed by atoms with Gasteiger partial charge in [0.25, 0.3) is 15.9 Å². The minimum absolute atomic E-state index is 0.0675. The summed E-state index contributed by atoms with van der Waals surface area (Å²) >= 11 is 1.17. The van der Waals surface area contributed by atoms with Crippen LogP contribution >= 0.6 is 11.3 Å². The van der Waals surface area contributed by atoms with Crippen LogP contribution in [0.15, 0.2) is 55.2 Å². The first-order valence-electron chi connectivity index (χ1n) is 10.5. The van der Waals surface area contributed by atoms with Crippen molar-refractivity contribution in [2.75, 3.05) is 33.4 Å². The Morgan fingerprint density at radius 2 is 1.94 bits per heavy atom. The number of rotatable bonds is 4. The molecular formula is C22H22N2O7S2. The minimum atomic E-state index is -3.68. The number of benzene rings is 1. The molecule has 0 aliphatic carbocycles. The Kier molecular flexibility index (Phi) is 5.52. The number of piperidine rings is 1. The SMILES string of the molecule is COc1cccc2cc(C(=O)N3CCC4(CC3)OCCN4S(=O)(=O)c3cccs3)c(=O)oc12. The molecule has 2 fully saturated rings. The number of carbonyl (C=O) groups is 1. The molecule has 5 rings (SSSR count). The third-order valence-corrected chi connectivity index (χ3v) is 9.49. The summed E-state index contributed by atoms with van der Waals surface area (Å²) in [5.41, 5.74) is -1.51. The van der Waals surface area contributed by atoms with E-state index in [0.29, 0.717) is 30.6 Å². The van der Waals surface area contributed by atoms with Gasteiger partial charge in [-0.3, -0.25) is 4.79 Å². The Bertz CT molecular complexity index is 1360. The van der Waals surface area contributed by atoms with Gasteiger partial charge < -0.3 is 18.8 Å². The fourth-order valence-corrected chi connectivity index (χ4v) is 7.33. The Morgan fingerprint density at radius 3 is 2.64 bits per heavy atom. The van der Waals surface area contributed by atoms with Gasteiger partial charge in [-0.25, -0.2) is 13.2 Å². The summed E-state index contributed by atoms with van der Waals surface area (Å²) in [5.74, 6) is -0.0390. The standard InChI is InChI=1S/C22H22N2O7S2/c1-29-17-5-2-4-15-14-16(21(26)31-19(15)17)20(25)23-9-7-22(8-10-23)24(11-12-30-22)33(27,28)18-6-3-13-32-18/h2-6,13-14H,7-12H2,1H3. The fourth-order valence-electron chi connectivity index (χ4n) is 4.50. The van der Waals surface area contributed by atoms with Crippen molar-refractivity contribution in [2.24, 2.45) is 0 Å². The van der Waals surface area contributed by atoms with Gasteiger partial charge in [-0.2, -0.15) is 4.31 Å². The van der Waals surface area contributed by atoms with Gasteiger partial charge in [0.2, 0.25) is 0 Å². The van der Waals surface area contributed by atoms with E-state index in [1.165, 1.54) is 28.8 Å². The van der Waals surface area contributed by atoms with E-state index in [1.807, 2.05) is 0 Å². The Labute approximate surface area is 194 Å². The van der Waals surface area contributed by atoms with Crippen LogP contribution in [-0.2, 0) is 14.8 Å². The lowest BCUT2D eigenvalue weighted by Gasteiger charge is -2.42. The zero-order chi connectivity index (χ0) is 23.2. The summed E-state index contributed by atoms with van der Waals surface area (Å²) in [7, 11) is -2.21. The zero-order valence-corrected chi connectivity index (χ0v) is 19.5. The molecule has 2 saturated heterocycles. The van der Waals surface area contributed by atoms with E-state index in [9.17, 15) is 18.0 Å². The second-order valence-electron chi connectivity index (χ2n) is 7.92. The molecule has 11 heteroatoms. The number of fused-ring (bicyclic) bond motifs is 1. The van der Waals surface area contributed by atoms with Gasteiger partial charge in [0, 0.05) is 37.9 Å². The Hall–Kier alpha value is -2.73. The van der Waals surface area contributed by atoms with Crippen LogP contribution in [0.2, 0.25) is 0 Å². The number of amides is 1. The number of thiophene rings is 1. The zero-order valence-electron chi connectivity index (χ0n) is 17.9. The monoisotopic (exact) mass is 490 g/mol. The summed E-state index contributed by atoms with van der Waals surface area (Å²) in [6.45, 7) is 1.08. The third-order valence-electron chi connectivity index (χ3n) is 6.17. The van der Waals surface area contributed by atoms with Crippen molar-refractivity contribution in [3.05, 3.63) is 57.8 Å². The molecule has 3 aromatic rings. The highest BCUT2D eigenvalue weighted by Gasteiger charge is 2.51. The Morgan fingerprint density at radius 1 is 1.15 bits per heavy atom. The van der Waals surface area contributed by atoms with Gasteiger partial charge in [0.1, 0.15) is 15.5 Å². The van der Waals surface area contributed by atoms with Crippen LogP contribution in [0, 0.1) is 0 Å². The highest BCUT2D eigenvalue weighted by atomic mass is 32.2. The summed E-state index contributed by atoms with van der Waals surface area (Å²) in [6.07, 6.45) is 0.631. The molecule has 0 N–H and O–H groups in total. The molecule has 2 aliphatic rings. The number of hydrogen-bond acceptors (Lipinski definition) is 8. The second-order valence-corrected chi connectivity index (χ2v) is 11.0. The lowest BCUT2D eigenvalue weighted by molar-refractivity contribution is -0.0856. The van der Waals surface area contributed by atoms with Crippen LogP contribution < -0.4 is 10.4 Å². The first-order valence-corrected chi connectivity index (χ1v) is 12.8. The molecule has 0 saturated carbocycles. The molecule has 0 unspecified atom stereocenters. The van der Waals surface area contributed by atoms with Crippen LogP contribution in [0.5, 0.6) is 5.75 Å². The lowest BCUT2D eigenvalue weighted by Crippen LogP contribution is -2.55. The van der Waals surface area contributed by atoms with E-state index in [4.69, 9.17) is 13.9 Å². The normalized spacial score (nSPS) is 18.8. The number of hydrogen-bond donors (Lipinski definition) is 0. The molecule has 1 amide bonds. The predicted octanol–water partition coefficient (Wildman–Crippen LogP) is 2.52. The van der Waals surface area contributed by atoms with Crippen LogP contribution in [0.3, 0.4) is 0 Å². The van der Waals surface area contributed by atoms with Crippen molar-refractivity contribution < 1.29 is 27.1 Å². The maximum atomic E-state index is 13.2. The molecule has 1 aromatic carbocycles. The largest absolute Gasteiger partial charge is 0.493 e. The number of sulfonamides is 1. The maximum absolute atomic E-state index is 13.2. The fraction of sp³-hybridized carbons (Fsp3) is 0.364. The summed E-state index contributed by atoms with van der Waals surface area (Å²) in [4.78, 5) is 27.3. The van der Waals surface area contributed by atoms with Crippen molar-refractivity contribution in [3.63, 3.8) is 0 Å². The minimum Gasteiger partial charge on any atom is -0.493 e. The van der Waals surface area contributed by atoms with Gasteiger partial charge in [0.05, 0.1) is 13.7 Å². The summed E-state index contributed by atoms with van der Waals surface area (Å²) < 4.78 is 44.5. The van der Waals surface area contributed by atoms with Crippen LogP contribution in [0.4, 0.5) is 0 Å². The van der Waals surface area contributed by atoms with E-state index in [-0.39, 0.29) is 35.0 Å². The summed E-state index contributed by atoms with van der Waals surface area (Å²) in [5, 5.41) is 2.31. The van der Waals surface area contributed by atoms with Gasteiger partial charge in [-0.05, 0) is 23.6 Å². The van der Waals surface area contributed by atoms with E-state index in [2.05, 4.69) is 0 Å². The topological polar surface area (TPSA) is 106 Å². The molecule has 2 aliphatic heterocycles. The number of likely N-dealkylation sites (tertiary alicyclic amines) is 1. The number of methoxy groups -OCH3 is 1. The molecule has 0 bridgehead atoms. The third kappa shape index (κ3) is 3.65. The smallest absolute Gasteiger partial charge is 0.349 e. The van der Waals surface area contributed by atoms with Crippen molar-refractivity contribution in [2.45, 2.75) is 22.8 Å². The van der Waals surface area contributed by atoms with Crippen molar-refractivity contribution in [1.82, 2.24) is 9.21 Å². The molecular weight excluding hydrogens is 468 g/mol. The number of ether oxygens (including phenoxy) is 2. The molecule has 2 aromatic heterocycles. The first kappa shape index (κ1) is 22.1. The van der Waals surface area contributed by atoms with Gasteiger partial charge in [-0.15, -0.1) is 11.3 Å². The molecule has 0 radical (unpaired) electrons. The van der Waals surface area contributed by atoms with Crippen molar-refractivity contribution >= 4 is 38.2 Å². The number of nitrogens with zero attached hydrogens (tertiary/aromatic N) is 2. The second kappa shape index (κ2) is 8.24. The molecule has 1 spiro atoms. The predicted molar refractivity (Wildman–Crippen MR) is 121 cm³/mol. The van der Waals surface area contributed by atoms with Crippen LogP contribution in [0.1, 0.15) is 23.2 Å². The highest BCUT2D eigenvalue weighted by Crippen LogP contribution is 2.39. The highest BCUT2D eigenvalue weighted by molar-refractivity contribution is 7.91. The van der Waals surface area contributed by atoms with E-state index in [1.54, 1.807) is 40.6 Å². The molecule has 9 nitrogen and oxygen atoms in total. The Balaban J connectivity index is 1.38. The first-order chi connectivity index (χ1) is 15.9. The van der Waals surface area contributed by atoms with E-state index in [0.717, 1.165) is 0 Å². The number of para-hydroxylation sites is 1. The van der Waals surface area contributed by atoms with Crippen LogP contribution in [0.25, 0.3) is 11.0 Å². The van der Waals surface area contributed by atoms with Crippen molar-refractivity contribution in [3.8, 4) is 5.75 Å². The van der Waals surface area contributed by atoms with E-state index >= 15 is 0 Å². The number of carbonyl (C=O) groups excluding carboxylic acids is 1. The van der Waals surface area contributed by atoms with Gasteiger partial charge in [-0.1, -0.05) is 18.2 Å². The average molecular weight is 491 g/mol. The summed E-state index contributed by atoms with van der Waals surface area (Å²) in [6, 6.07) is 9.96. The lowest BCUT2D eigenvalue weighted by atomic mass is 10.00. The molecule has 0 atom stereocenters. The molecule has 174 valence electrons.